The second kappa shape index (κ2) is 8.55. The van der Waals surface area contributed by atoms with Crippen molar-refractivity contribution in [2.45, 2.75) is 19.2 Å². The monoisotopic (exact) mass is 371 g/mol. The third-order valence-corrected chi connectivity index (χ3v) is 3.34. The largest absolute Gasteiger partial charge is 0.492 e. The SMILES string of the molecule is C[C@@H](Oc1ccccc1F)C(=O)NCCOc1cccc(C(F)(F)F)c1. The molecule has 1 N–H and O–H groups in total. The van der Waals surface area contributed by atoms with Crippen LogP contribution in [0.1, 0.15) is 12.5 Å². The molecule has 2 rings (SSSR count). The molecule has 0 aliphatic carbocycles. The van der Waals surface area contributed by atoms with Crippen LogP contribution in [0, 0.1) is 5.82 Å². The van der Waals surface area contributed by atoms with E-state index in [1.54, 1.807) is 6.07 Å². The summed E-state index contributed by atoms with van der Waals surface area (Å²) in [6, 6.07) is 10.1. The van der Waals surface area contributed by atoms with Crippen LogP contribution in [0.5, 0.6) is 11.5 Å². The normalized spacial score (nSPS) is 12.3. The molecule has 0 saturated heterocycles. The molecule has 0 bridgehead atoms. The Morgan fingerprint density at radius 3 is 2.58 bits per heavy atom. The van der Waals surface area contributed by atoms with Crippen LogP contribution in [0.2, 0.25) is 0 Å². The van der Waals surface area contributed by atoms with Crippen LogP contribution in [-0.2, 0) is 11.0 Å². The molecule has 0 heterocycles. The van der Waals surface area contributed by atoms with Crippen LogP contribution in [0.3, 0.4) is 0 Å². The van der Waals surface area contributed by atoms with Gasteiger partial charge in [-0.3, -0.25) is 4.79 Å². The number of halogens is 4. The molecule has 4 nitrogen and oxygen atoms in total. The zero-order chi connectivity index (χ0) is 19.2. The van der Waals surface area contributed by atoms with Gasteiger partial charge in [0.2, 0.25) is 0 Å². The summed E-state index contributed by atoms with van der Waals surface area (Å²) < 4.78 is 61.7. The smallest absolute Gasteiger partial charge is 0.416 e. The van der Waals surface area contributed by atoms with Crippen LogP contribution in [0.15, 0.2) is 48.5 Å². The first-order chi connectivity index (χ1) is 12.3. The predicted octanol–water partition coefficient (Wildman–Crippen LogP) is 3.81. The number of nitrogens with one attached hydrogen (secondary N) is 1. The van der Waals surface area contributed by atoms with E-state index in [2.05, 4.69) is 5.32 Å². The van der Waals surface area contributed by atoms with E-state index in [4.69, 9.17) is 9.47 Å². The topological polar surface area (TPSA) is 47.6 Å². The molecule has 2 aromatic rings. The van der Waals surface area contributed by atoms with Crippen molar-refractivity contribution in [3.63, 3.8) is 0 Å². The molecule has 0 aliphatic rings. The average Bonchev–Trinajstić information content (AvgIpc) is 2.60. The van der Waals surface area contributed by atoms with Crippen molar-refractivity contribution >= 4 is 5.91 Å². The molecule has 0 spiro atoms. The maximum Gasteiger partial charge on any atom is 0.416 e. The summed E-state index contributed by atoms with van der Waals surface area (Å²) in [6.45, 7) is 1.48. The van der Waals surface area contributed by atoms with E-state index in [-0.39, 0.29) is 24.7 Å². The van der Waals surface area contributed by atoms with Crippen molar-refractivity contribution in [2.24, 2.45) is 0 Å². The first-order valence-electron chi connectivity index (χ1n) is 7.76. The van der Waals surface area contributed by atoms with Crippen LogP contribution in [-0.4, -0.2) is 25.2 Å². The highest BCUT2D eigenvalue weighted by Crippen LogP contribution is 2.31. The summed E-state index contributed by atoms with van der Waals surface area (Å²) in [5, 5.41) is 2.50. The van der Waals surface area contributed by atoms with Gasteiger partial charge >= 0.3 is 6.18 Å². The van der Waals surface area contributed by atoms with E-state index in [0.717, 1.165) is 12.1 Å². The number of alkyl halides is 3. The van der Waals surface area contributed by atoms with Crippen molar-refractivity contribution < 1.29 is 31.8 Å². The van der Waals surface area contributed by atoms with E-state index in [9.17, 15) is 22.4 Å². The minimum absolute atomic E-state index is 0.0283. The molecule has 1 atom stereocenters. The first-order valence-corrected chi connectivity index (χ1v) is 7.76. The zero-order valence-corrected chi connectivity index (χ0v) is 13.8. The highest BCUT2D eigenvalue weighted by Gasteiger charge is 2.30. The molecule has 0 aliphatic heterocycles. The van der Waals surface area contributed by atoms with Crippen LogP contribution in [0.25, 0.3) is 0 Å². The number of rotatable bonds is 7. The van der Waals surface area contributed by atoms with E-state index >= 15 is 0 Å². The summed E-state index contributed by atoms with van der Waals surface area (Å²) in [5.41, 5.74) is -0.814. The molecule has 140 valence electrons. The lowest BCUT2D eigenvalue weighted by Gasteiger charge is -2.15. The van der Waals surface area contributed by atoms with Gasteiger partial charge in [-0.1, -0.05) is 18.2 Å². The second-order valence-corrected chi connectivity index (χ2v) is 5.36. The van der Waals surface area contributed by atoms with Gasteiger partial charge in [0.25, 0.3) is 5.91 Å². The molecule has 26 heavy (non-hydrogen) atoms. The van der Waals surface area contributed by atoms with Crippen molar-refractivity contribution in [1.29, 1.82) is 0 Å². The van der Waals surface area contributed by atoms with Gasteiger partial charge in [-0.15, -0.1) is 0 Å². The van der Waals surface area contributed by atoms with Gasteiger partial charge in [-0.05, 0) is 37.3 Å². The Morgan fingerprint density at radius 1 is 1.15 bits per heavy atom. The van der Waals surface area contributed by atoms with Crippen molar-refractivity contribution in [1.82, 2.24) is 5.32 Å². The van der Waals surface area contributed by atoms with Gasteiger partial charge in [0.15, 0.2) is 17.7 Å². The molecule has 0 aromatic heterocycles. The third-order valence-electron chi connectivity index (χ3n) is 3.34. The maximum absolute atomic E-state index is 13.5. The standard InChI is InChI=1S/C18H17F4NO3/c1-12(26-16-8-3-2-7-15(16)19)17(24)23-9-10-25-14-6-4-5-13(11-14)18(20,21)22/h2-8,11-12H,9-10H2,1H3,(H,23,24)/t12-/m1/s1. The summed E-state index contributed by atoms with van der Waals surface area (Å²) in [5.74, 6) is -1.08. The van der Waals surface area contributed by atoms with E-state index in [1.807, 2.05) is 0 Å². The Hall–Kier alpha value is -2.77. The molecule has 2 aromatic carbocycles. The lowest BCUT2D eigenvalue weighted by molar-refractivity contribution is -0.137. The molecule has 0 fully saturated rings. The lowest BCUT2D eigenvalue weighted by Crippen LogP contribution is -2.38. The number of amides is 1. The van der Waals surface area contributed by atoms with Crippen molar-refractivity contribution in [3.05, 3.63) is 59.9 Å². The van der Waals surface area contributed by atoms with Gasteiger partial charge in [-0.25, -0.2) is 4.39 Å². The number of carbonyl (C=O) groups excluding carboxylic acids is 1. The Morgan fingerprint density at radius 2 is 1.88 bits per heavy atom. The number of benzene rings is 2. The minimum Gasteiger partial charge on any atom is -0.492 e. The Labute approximate surface area is 147 Å². The lowest BCUT2D eigenvalue weighted by atomic mass is 10.2. The van der Waals surface area contributed by atoms with E-state index < -0.39 is 29.6 Å². The number of carbonyl (C=O) groups is 1. The molecule has 0 unspecified atom stereocenters. The van der Waals surface area contributed by atoms with Crippen LogP contribution in [0.4, 0.5) is 17.6 Å². The van der Waals surface area contributed by atoms with Gasteiger partial charge in [0.05, 0.1) is 12.1 Å². The Balaban J connectivity index is 1.77. The molecular weight excluding hydrogens is 354 g/mol. The maximum atomic E-state index is 13.5. The van der Waals surface area contributed by atoms with Gasteiger partial charge in [0, 0.05) is 0 Å². The van der Waals surface area contributed by atoms with Gasteiger partial charge < -0.3 is 14.8 Å². The number of hydrogen-bond acceptors (Lipinski definition) is 3. The second-order valence-electron chi connectivity index (χ2n) is 5.36. The Bertz CT molecular complexity index is 749. The molecule has 8 heteroatoms. The highest BCUT2D eigenvalue weighted by atomic mass is 19.4. The molecule has 0 radical (unpaired) electrons. The minimum atomic E-state index is -4.45. The number of para-hydroxylation sites is 1. The molecular formula is C18H17F4NO3. The molecule has 1 amide bonds. The quantitative estimate of drug-likeness (QED) is 0.595. The van der Waals surface area contributed by atoms with Crippen molar-refractivity contribution in [2.75, 3.05) is 13.2 Å². The van der Waals surface area contributed by atoms with Crippen LogP contribution >= 0.6 is 0 Å². The number of ether oxygens (including phenoxy) is 2. The Kier molecular flexibility index (Phi) is 6.43. The third kappa shape index (κ3) is 5.65. The fraction of sp³-hybridized carbons (Fsp3) is 0.278. The van der Waals surface area contributed by atoms with Gasteiger partial charge in [-0.2, -0.15) is 13.2 Å². The summed E-state index contributed by atoms with van der Waals surface area (Å²) in [4.78, 5) is 11.9. The van der Waals surface area contributed by atoms with Crippen molar-refractivity contribution in [3.8, 4) is 11.5 Å². The van der Waals surface area contributed by atoms with E-state index in [0.29, 0.717) is 0 Å². The first kappa shape index (κ1) is 19.6. The fourth-order valence-corrected chi connectivity index (χ4v) is 2.03. The predicted molar refractivity (Wildman–Crippen MR) is 86.4 cm³/mol. The summed E-state index contributed by atoms with van der Waals surface area (Å²) in [7, 11) is 0. The molecule has 0 saturated carbocycles. The van der Waals surface area contributed by atoms with Crippen LogP contribution < -0.4 is 14.8 Å². The van der Waals surface area contributed by atoms with Gasteiger partial charge in [0.1, 0.15) is 12.4 Å². The highest BCUT2D eigenvalue weighted by molar-refractivity contribution is 5.80. The number of hydrogen-bond donors (Lipinski definition) is 1. The summed E-state index contributed by atoms with van der Waals surface area (Å²) >= 11 is 0. The van der Waals surface area contributed by atoms with E-state index in [1.165, 1.54) is 37.3 Å². The summed E-state index contributed by atoms with van der Waals surface area (Å²) in [6.07, 6.45) is -5.40. The average molecular weight is 371 g/mol. The zero-order valence-electron chi connectivity index (χ0n) is 13.8. The fourth-order valence-electron chi connectivity index (χ4n) is 2.03.